The van der Waals surface area contributed by atoms with Gasteiger partial charge in [0.25, 0.3) is 0 Å². The molecule has 1 unspecified atom stereocenters. The summed E-state index contributed by atoms with van der Waals surface area (Å²) in [5.74, 6) is 0.0739. The van der Waals surface area contributed by atoms with Crippen molar-refractivity contribution in [2.75, 3.05) is 36.0 Å². The third-order valence-electron chi connectivity index (χ3n) is 3.84. The third kappa shape index (κ3) is 4.17. The van der Waals surface area contributed by atoms with Gasteiger partial charge in [-0.1, -0.05) is 6.92 Å². The van der Waals surface area contributed by atoms with Crippen LogP contribution in [-0.2, 0) is 9.84 Å². The lowest BCUT2D eigenvalue weighted by Crippen LogP contribution is -2.41. The minimum atomic E-state index is -2.91. The van der Waals surface area contributed by atoms with Crippen LogP contribution in [0.15, 0.2) is 18.2 Å². The van der Waals surface area contributed by atoms with Crippen molar-refractivity contribution in [1.29, 1.82) is 0 Å². The number of hydrogen-bond donors (Lipinski definition) is 1. The monoisotopic (exact) mass is 314 g/mol. The van der Waals surface area contributed by atoms with Gasteiger partial charge in [0, 0.05) is 24.8 Å². The summed E-state index contributed by atoms with van der Waals surface area (Å²) in [6, 6.07) is 4.78. The van der Waals surface area contributed by atoms with Gasteiger partial charge in [-0.3, -0.25) is 0 Å². The van der Waals surface area contributed by atoms with Crippen LogP contribution in [0.2, 0.25) is 0 Å². The lowest BCUT2D eigenvalue weighted by atomic mass is 10.0. The van der Waals surface area contributed by atoms with Gasteiger partial charge in [-0.25, -0.2) is 12.8 Å². The first-order valence-corrected chi connectivity index (χ1v) is 9.23. The normalized spacial score (nSPS) is 19.5. The molecule has 6 heteroatoms. The number of sulfone groups is 1. The summed E-state index contributed by atoms with van der Waals surface area (Å²) in [6.45, 7) is 5.91. The Labute approximate surface area is 126 Å². The smallest absolute Gasteiger partial charge is 0.153 e. The molecule has 1 aromatic rings. The molecule has 1 aliphatic heterocycles. The molecule has 0 bridgehead atoms. The van der Waals surface area contributed by atoms with Gasteiger partial charge in [-0.15, -0.1) is 0 Å². The molecule has 0 saturated carbocycles. The molecule has 2 rings (SSSR count). The van der Waals surface area contributed by atoms with Crippen LogP contribution in [0.25, 0.3) is 0 Å². The predicted octanol–water partition coefficient (Wildman–Crippen LogP) is 2.12. The Morgan fingerprint density at radius 2 is 2.00 bits per heavy atom. The summed E-state index contributed by atoms with van der Waals surface area (Å²) in [5, 5.41) is 3.36. The minimum absolute atomic E-state index is 0.0363. The first-order valence-electron chi connectivity index (χ1n) is 7.41. The molecule has 0 spiro atoms. The average molecular weight is 314 g/mol. The van der Waals surface area contributed by atoms with Crippen LogP contribution >= 0.6 is 0 Å². The summed E-state index contributed by atoms with van der Waals surface area (Å²) < 4.78 is 36.7. The van der Waals surface area contributed by atoms with E-state index >= 15 is 0 Å². The Bertz CT molecular complexity index is 575. The van der Waals surface area contributed by atoms with Crippen LogP contribution in [0.5, 0.6) is 0 Å². The van der Waals surface area contributed by atoms with E-state index in [4.69, 9.17) is 0 Å². The molecule has 1 N–H and O–H groups in total. The molecule has 0 amide bonds. The Balaban J connectivity index is 2.23. The van der Waals surface area contributed by atoms with E-state index in [0.29, 0.717) is 13.1 Å². The molecule has 0 aliphatic carbocycles. The van der Waals surface area contributed by atoms with Gasteiger partial charge < -0.3 is 10.2 Å². The Hall–Kier alpha value is -1.14. The number of rotatable bonds is 5. The van der Waals surface area contributed by atoms with Gasteiger partial charge in [0.15, 0.2) is 9.84 Å². The average Bonchev–Trinajstić information content (AvgIpc) is 2.45. The van der Waals surface area contributed by atoms with Crippen molar-refractivity contribution in [1.82, 2.24) is 5.32 Å². The molecule has 1 aromatic carbocycles. The summed E-state index contributed by atoms with van der Waals surface area (Å²) in [7, 11) is -2.91. The zero-order valence-electron chi connectivity index (χ0n) is 12.6. The van der Waals surface area contributed by atoms with Gasteiger partial charge in [0.2, 0.25) is 0 Å². The standard InChI is InChI=1S/C15H23FN2O2S/c1-3-6-17-12(2)14-11-13(16)4-5-15(14)18-7-9-21(19,20)10-8-18/h4-5,11-12,17H,3,6-10H2,1-2H3. The quantitative estimate of drug-likeness (QED) is 0.904. The SMILES string of the molecule is CCCNC(C)c1cc(F)ccc1N1CCS(=O)(=O)CC1. The Morgan fingerprint density at radius 1 is 1.33 bits per heavy atom. The molecule has 0 aromatic heterocycles. The van der Waals surface area contributed by atoms with E-state index in [1.54, 1.807) is 12.1 Å². The highest BCUT2D eigenvalue weighted by molar-refractivity contribution is 7.91. The van der Waals surface area contributed by atoms with Crippen molar-refractivity contribution in [2.45, 2.75) is 26.3 Å². The topological polar surface area (TPSA) is 49.4 Å². The van der Waals surface area contributed by atoms with Gasteiger partial charge in [0.1, 0.15) is 5.82 Å². The maximum absolute atomic E-state index is 13.6. The molecule has 4 nitrogen and oxygen atoms in total. The van der Waals surface area contributed by atoms with Crippen LogP contribution in [-0.4, -0.2) is 39.6 Å². The minimum Gasteiger partial charge on any atom is -0.369 e. The number of hydrogen-bond acceptors (Lipinski definition) is 4. The van der Waals surface area contributed by atoms with Gasteiger partial charge in [-0.05, 0) is 43.7 Å². The molecule has 1 aliphatic rings. The highest BCUT2D eigenvalue weighted by atomic mass is 32.2. The molecular weight excluding hydrogens is 291 g/mol. The van der Waals surface area contributed by atoms with E-state index in [2.05, 4.69) is 12.2 Å². The molecule has 1 atom stereocenters. The van der Waals surface area contributed by atoms with E-state index in [-0.39, 0.29) is 23.4 Å². The fourth-order valence-electron chi connectivity index (χ4n) is 2.58. The van der Waals surface area contributed by atoms with Crippen molar-refractivity contribution in [3.63, 3.8) is 0 Å². The van der Waals surface area contributed by atoms with Crippen LogP contribution in [0.3, 0.4) is 0 Å². The summed E-state index contributed by atoms with van der Waals surface area (Å²) >= 11 is 0. The van der Waals surface area contributed by atoms with Crippen LogP contribution in [0.1, 0.15) is 31.9 Å². The van der Waals surface area contributed by atoms with Gasteiger partial charge >= 0.3 is 0 Å². The van der Waals surface area contributed by atoms with Crippen LogP contribution in [0.4, 0.5) is 10.1 Å². The number of benzene rings is 1. The molecule has 21 heavy (non-hydrogen) atoms. The Kier molecular flexibility index (Phi) is 5.22. The van der Waals surface area contributed by atoms with E-state index < -0.39 is 9.84 Å². The maximum atomic E-state index is 13.6. The molecule has 118 valence electrons. The maximum Gasteiger partial charge on any atom is 0.153 e. The van der Waals surface area contributed by atoms with Crippen molar-refractivity contribution < 1.29 is 12.8 Å². The van der Waals surface area contributed by atoms with Crippen molar-refractivity contribution in [3.8, 4) is 0 Å². The van der Waals surface area contributed by atoms with E-state index in [1.165, 1.54) is 6.07 Å². The molecule has 0 radical (unpaired) electrons. The van der Waals surface area contributed by atoms with Gasteiger partial charge in [-0.2, -0.15) is 0 Å². The zero-order chi connectivity index (χ0) is 15.5. The summed E-state index contributed by atoms with van der Waals surface area (Å²) in [6.07, 6.45) is 1.01. The first kappa shape index (κ1) is 16.2. The highest BCUT2D eigenvalue weighted by Gasteiger charge is 2.24. The lowest BCUT2D eigenvalue weighted by Gasteiger charge is -2.32. The second-order valence-corrected chi connectivity index (χ2v) is 7.82. The molecular formula is C15H23FN2O2S. The summed E-state index contributed by atoms with van der Waals surface area (Å²) in [4.78, 5) is 2.04. The Morgan fingerprint density at radius 3 is 2.62 bits per heavy atom. The van der Waals surface area contributed by atoms with Crippen molar-refractivity contribution in [3.05, 3.63) is 29.6 Å². The second-order valence-electron chi connectivity index (χ2n) is 5.52. The highest BCUT2D eigenvalue weighted by Crippen LogP contribution is 2.28. The molecule has 1 saturated heterocycles. The second kappa shape index (κ2) is 6.75. The van der Waals surface area contributed by atoms with E-state index in [9.17, 15) is 12.8 Å². The third-order valence-corrected chi connectivity index (χ3v) is 5.45. The number of halogens is 1. The first-order chi connectivity index (χ1) is 9.93. The number of nitrogens with one attached hydrogen (secondary N) is 1. The molecule has 1 fully saturated rings. The fourth-order valence-corrected chi connectivity index (χ4v) is 3.79. The van der Waals surface area contributed by atoms with Crippen molar-refractivity contribution >= 4 is 15.5 Å². The number of anilines is 1. The van der Waals surface area contributed by atoms with Crippen LogP contribution < -0.4 is 10.2 Å². The largest absolute Gasteiger partial charge is 0.369 e. The van der Waals surface area contributed by atoms with E-state index in [1.807, 2.05) is 11.8 Å². The summed E-state index contributed by atoms with van der Waals surface area (Å²) in [5.41, 5.74) is 1.82. The predicted molar refractivity (Wildman–Crippen MR) is 84.0 cm³/mol. The zero-order valence-corrected chi connectivity index (χ0v) is 13.4. The van der Waals surface area contributed by atoms with Crippen molar-refractivity contribution in [2.24, 2.45) is 0 Å². The lowest BCUT2D eigenvalue weighted by molar-refractivity contribution is 0.559. The fraction of sp³-hybridized carbons (Fsp3) is 0.600. The van der Waals surface area contributed by atoms with E-state index in [0.717, 1.165) is 24.2 Å². The van der Waals surface area contributed by atoms with Gasteiger partial charge in [0.05, 0.1) is 11.5 Å². The molecule has 1 heterocycles. The van der Waals surface area contributed by atoms with Crippen LogP contribution in [0, 0.1) is 5.82 Å². The number of nitrogens with zero attached hydrogens (tertiary/aromatic N) is 1.